The maximum absolute atomic E-state index is 11.1. The maximum Gasteiger partial charge on any atom is 0.356 e. The molecule has 0 saturated heterocycles. The zero-order chi connectivity index (χ0) is 11.2. The van der Waals surface area contributed by atoms with Gasteiger partial charge in [-0.05, 0) is 12.8 Å². The van der Waals surface area contributed by atoms with Crippen molar-refractivity contribution < 1.29 is 9.90 Å². The van der Waals surface area contributed by atoms with Crippen LogP contribution in [0.2, 0.25) is 0 Å². The van der Waals surface area contributed by atoms with Crippen molar-refractivity contribution in [1.29, 1.82) is 0 Å². The number of hydrogen-bond acceptors (Lipinski definition) is 4. The van der Waals surface area contributed by atoms with E-state index in [9.17, 15) is 4.79 Å². The average molecular weight is 225 g/mol. The summed E-state index contributed by atoms with van der Waals surface area (Å²) in [5.41, 5.74) is 0.783. The number of carboxylic acid groups (broad SMARTS) is 1. The molecule has 0 unspecified atom stereocenters. The second kappa shape index (κ2) is 3.30. The molecule has 0 aliphatic rings. The molecule has 0 aromatic carbocycles. The van der Waals surface area contributed by atoms with Gasteiger partial charge in [0.25, 0.3) is 0 Å². The van der Waals surface area contributed by atoms with Crippen LogP contribution in [-0.2, 0) is 0 Å². The fourth-order valence-electron chi connectivity index (χ4n) is 1.46. The van der Waals surface area contributed by atoms with E-state index in [2.05, 4.69) is 10.1 Å². The van der Waals surface area contributed by atoms with Crippen LogP contribution in [-0.4, -0.2) is 25.7 Å². The number of aryl methyl sites for hydroxylation is 1. The fourth-order valence-corrected chi connectivity index (χ4v) is 2.21. The summed E-state index contributed by atoms with van der Waals surface area (Å²) in [5, 5.41) is 14.1. The molecule has 0 saturated carbocycles. The molecule has 0 amide bonds. The van der Waals surface area contributed by atoms with Gasteiger partial charge >= 0.3 is 5.97 Å². The third-order valence-electron chi connectivity index (χ3n) is 2.08. The normalized spacial score (nSPS) is 11.5. The zero-order valence-electron chi connectivity index (χ0n) is 8.68. The van der Waals surface area contributed by atoms with Gasteiger partial charge in [0.05, 0.1) is 5.69 Å². The van der Waals surface area contributed by atoms with Gasteiger partial charge in [0.1, 0.15) is 5.01 Å². The van der Waals surface area contributed by atoms with Gasteiger partial charge in [-0.1, -0.05) is 25.2 Å². The van der Waals surface area contributed by atoms with Crippen molar-refractivity contribution in [2.75, 3.05) is 0 Å². The third kappa shape index (κ3) is 1.50. The predicted octanol–water partition coefficient (Wildman–Crippen LogP) is 1.92. The molecular weight excluding hydrogens is 214 g/mol. The summed E-state index contributed by atoms with van der Waals surface area (Å²) in [4.78, 5) is 16.1. The van der Waals surface area contributed by atoms with E-state index in [4.69, 9.17) is 5.11 Å². The van der Waals surface area contributed by atoms with Crippen molar-refractivity contribution in [2.24, 2.45) is 0 Å². The number of rotatable bonds is 2. The van der Waals surface area contributed by atoms with E-state index >= 15 is 0 Å². The molecule has 15 heavy (non-hydrogen) atoms. The molecule has 2 heterocycles. The molecule has 2 aromatic rings. The standard InChI is InChI=1S/C9H11N3O2S/c1-4(2)6-7(8(13)14)12-9(10-6)15-5(3)11-12/h4H,1-3H3,(H,13,14). The quantitative estimate of drug-likeness (QED) is 0.847. The van der Waals surface area contributed by atoms with Gasteiger partial charge in [0.15, 0.2) is 5.69 Å². The molecule has 0 radical (unpaired) electrons. The Morgan fingerprint density at radius 1 is 1.53 bits per heavy atom. The summed E-state index contributed by atoms with van der Waals surface area (Å²) >= 11 is 1.40. The molecule has 0 aliphatic carbocycles. The molecule has 0 atom stereocenters. The SMILES string of the molecule is Cc1nn2c(C(=O)O)c(C(C)C)nc2s1. The maximum atomic E-state index is 11.1. The highest BCUT2D eigenvalue weighted by atomic mass is 32.1. The van der Waals surface area contributed by atoms with Crippen molar-refractivity contribution >= 4 is 22.3 Å². The summed E-state index contributed by atoms with van der Waals surface area (Å²) < 4.78 is 1.41. The molecule has 0 bridgehead atoms. The Hall–Kier alpha value is -1.43. The van der Waals surface area contributed by atoms with Crippen molar-refractivity contribution in [3.63, 3.8) is 0 Å². The lowest BCUT2D eigenvalue weighted by Crippen LogP contribution is -2.07. The average Bonchev–Trinajstić information content (AvgIpc) is 2.58. The summed E-state index contributed by atoms with van der Waals surface area (Å²) in [6.45, 7) is 5.68. The van der Waals surface area contributed by atoms with Gasteiger partial charge in [-0.25, -0.2) is 9.78 Å². The Morgan fingerprint density at radius 3 is 2.73 bits per heavy atom. The smallest absolute Gasteiger partial charge is 0.356 e. The van der Waals surface area contributed by atoms with Crippen LogP contribution in [0.25, 0.3) is 4.96 Å². The van der Waals surface area contributed by atoms with Crippen molar-refractivity contribution in [2.45, 2.75) is 26.7 Å². The summed E-state index contributed by atoms with van der Waals surface area (Å²) in [5.74, 6) is -0.887. The van der Waals surface area contributed by atoms with Crippen LogP contribution >= 0.6 is 11.3 Å². The first kappa shape index (κ1) is 10.1. The molecule has 1 N–H and O–H groups in total. The molecule has 0 aliphatic heterocycles. The van der Waals surface area contributed by atoms with Gasteiger partial charge in [-0.3, -0.25) is 0 Å². The van der Waals surface area contributed by atoms with E-state index in [1.807, 2.05) is 20.8 Å². The molecule has 80 valence electrons. The summed E-state index contributed by atoms with van der Waals surface area (Å²) in [6.07, 6.45) is 0. The van der Waals surface area contributed by atoms with E-state index in [0.717, 1.165) is 5.01 Å². The Kier molecular flexibility index (Phi) is 2.22. The number of fused-ring (bicyclic) bond motifs is 1. The highest BCUT2D eigenvalue weighted by Crippen LogP contribution is 2.23. The van der Waals surface area contributed by atoms with Gasteiger partial charge in [-0.2, -0.15) is 9.61 Å². The molecule has 0 fully saturated rings. The number of imidazole rings is 1. The van der Waals surface area contributed by atoms with E-state index in [-0.39, 0.29) is 11.6 Å². The Morgan fingerprint density at radius 2 is 2.20 bits per heavy atom. The second-order valence-electron chi connectivity index (χ2n) is 3.62. The molecule has 2 aromatic heterocycles. The fraction of sp³-hybridized carbons (Fsp3) is 0.444. The topological polar surface area (TPSA) is 67.5 Å². The number of aromatic carboxylic acids is 1. The van der Waals surface area contributed by atoms with E-state index in [1.165, 1.54) is 15.9 Å². The minimum Gasteiger partial charge on any atom is -0.476 e. The molecule has 0 spiro atoms. The Balaban J connectivity index is 2.77. The Labute approximate surface area is 90.4 Å². The Bertz CT molecular complexity index is 527. The van der Waals surface area contributed by atoms with Crippen molar-refractivity contribution in [3.8, 4) is 0 Å². The first-order valence-electron chi connectivity index (χ1n) is 4.60. The number of carbonyl (C=O) groups is 1. The van der Waals surface area contributed by atoms with Crippen LogP contribution < -0.4 is 0 Å². The van der Waals surface area contributed by atoms with Crippen LogP contribution in [0.4, 0.5) is 0 Å². The summed E-state index contributed by atoms with van der Waals surface area (Å²) in [7, 11) is 0. The minimum atomic E-state index is -0.975. The third-order valence-corrected chi connectivity index (χ3v) is 2.90. The zero-order valence-corrected chi connectivity index (χ0v) is 9.50. The molecule has 6 heteroatoms. The van der Waals surface area contributed by atoms with Gasteiger partial charge in [0.2, 0.25) is 4.96 Å². The minimum absolute atomic E-state index is 0.0882. The molecule has 2 rings (SSSR count). The number of nitrogens with zero attached hydrogens (tertiary/aromatic N) is 3. The van der Waals surface area contributed by atoms with E-state index < -0.39 is 5.97 Å². The molecule has 5 nitrogen and oxygen atoms in total. The lowest BCUT2D eigenvalue weighted by atomic mass is 10.1. The lowest BCUT2D eigenvalue weighted by Gasteiger charge is -2.00. The largest absolute Gasteiger partial charge is 0.476 e. The highest BCUT2D eigenvalue weighted by Gasteiger charge is 2.22. The highest BCUT2D eigenvalue weighted by molar-refractivity contribution is 7.16. The van der Waals surface area contributed by atoms with Gasteiger partial charge in [0, 0.05) is 0 Å². The summed E-state index contributed by atoms with van der Waals surface area (Å²) in [6, 6.07) is 0. The lowest BCUT2D eigenvalue weighted by molar-refractivity contribution is 0.0686. The molecular formula is C9H11N3O2S. The first-order chi connectivity index (χ1) is 7.00. The van der Waals surface area contributed by atoms with Crippen molar-refractivity contribution in [1.82, 2.24) is 14.6 Å². The second-order valence-corrected chi connectivity index (χ2v) is 4.78. The predicted molar refractivity (Wildman–Crippen MR) is 56.6 cm³/mol. The number of hydrogen-bond donors (Lipinski definition) is 1. The van der Waals surface area contributed by atoms with E-state index in [0.29, 0.717) is 10.7 Å². The van der Waals surface area contributed by atoms with Crippen LogP contribution in [0.3, 0.4) is 0 Å². The van der Waals surface area contributed by atoms with Crippen LogP contribution in [0, 0.1) is 6.92 Å². The van der Waals surface area contributed by atoms with Crippen molar-refractivity contribution in [3.05, 3.63) is 16.4 Å². The van der Waals surface area contributed by atoms with Crippen LogP contribution in [0.15, 0.2) is 0 Å². The first-order valence-corrected chi connectivity index (χ1v) is 5.41. The van der Waals surface area contributed by atoms with E-state index in [1.54, 1.807) is 0 Å². The number of carboxylic acids is 1. The van der Waals surface area contributed by atoms with Gasteiger partial charge in [-0.15, -0.1) is 0 Å². The van der Waals surface area contributed by atoms with Gasteiger partial charge < -0.3 is 5.11 Å². The van der Waals surface area contributed by atoms with Crippen LogP contribution in [0.5, 0.6) is 0 Å². The van der Waals surface area contributed by atoms with Crippen LogP contribution in [0.1, 0.15) is 41.0 Å². The number of aromatic nitrogens is 3. The monoisotopic (exact) mass is 225 g/mol.